The number of ether oxygens (including phenoxy) is 1. The van der Waals surface area contributed by atoms with E-state index in [0.29, 0.717) is 5.13 Å². The van der Waals surface area contributed by atoms with Crippen molar-refractivity contribution in [3.8, 4) is 17.0 Å². The topological polar surface area (TPSA) is 51.2 Å². The number of benzene rings is 2. The summed E-state index contributed by atoms with van der Waals surface area (Å²) in [4.78, 5) is 16.7. The summed E-state index contributed by atoms with van der Waals surface area (Å²) in [7, 11) is 0. The number of hydrogen-bond acceptors (Lipinski definition) is 4. The number of para-hydroxylation sites is 1. The SMILES string of the molecule is CC(C)(C)c1ccccc1OCC(=O)Nc1nc(-c2ccccc2)cs1. The standard InChI is InChI=1S/C21H22N2O2S/c1-21(2,3)16-11-7-8-12-18(16)25-13-19(24)23-20-22-17(14-26-20)15-9-5-4-6-10-15/h4-12,14H,13H2,1-3H3,(H,22,23,24). The van der Waals surface area contributed by atoms with Crippen LogP contribution in [0.1, 0.15) is 26.3 Å². The summed E-state index contributed by atoms with van der Waals surface area (Å²) in [6, 6.07) is 17.7. The minimum Gasteiger partial charge on any atom is -0.483 e. The molecule has 1 N–H and O–H groups in total. The first-order valence-electron chi connectivity index (χ1n) is 8.46. The molecule has 3 aromatic rings. The average molecular weight is 366 g/mol. The molecule has 0 saturated carbocycles. The van der Waals surface area contributed by atoms with E-state index in [1.165, 1.54) is 11.3 Å². The first-order chi connectivity index (χ1) is 12.4. The third-order valence-corrected chi connectivity index (χ3v) is 4.63. The van der Waals surface area contributed by atoms with Crippen LogP contribution in [0.4, 0.5) is 5.13 Å². The lowest BCUT2D eigenvalue weighted by Crippen LogP contribution is -2.21. The van der Waals surface area contributed by atoms with Gasteiger partial charge in [-0.2, -0.15) is 0 Å². The van der Waals surface area contributed by atoms with Gasteiger partial charge in [-0.25, -0.2) is 4.98 Å². The number of nitrogens with one attached hydrogen (secondary N) is 1. The van der Waals surface area contributed by atoms with Gasteiger partial charge in [-0.15, -0.1) is 11.3 Å². The number of anilines is 1. The normalized spacial score (nSPS) is 11.2. The van der Waals surface area contributed by atoms with Crippen molar-refractivity contribution in [1.82, 2.24) is 4.98 Å². The Hall–Kier alpha value is -2.66. The lowest BCUT2D eigenvalue weighted by atomic mass is 9.86. The highest BCUT2D eigenvalue weighted by atomic mass is 32.1. The van der Waals surface area contributed by atoms with E-state index >= 15 is 0 Å². The number of carbonyl (C=O) groups excluding carboxylic acids is 1. The molecule has 0 aliphatic heterocycles. The molecule has 134 valence electrons. The molecule has 0 radical (unpaired) electrons. The van der Waals surface area contributed by atoms with Gasteiger partial charge in [0.25, 0.3) is 5.91 Å². The van der Waals surface area contributed by atoms with Crippen LogP contribution in [0.3, 0.4) is 0 Å². The van der Waals surface area contributed by atoms with Crippen molar-refractivity contribution in [3.05, 3.63) is 65.5 Å². The predicted octanol–water partition coefficient (Wildman–Crippen LogP) is 5.13. The van der Waals surface area contributed by atoms with Gasteiger partial charge in [0.1, 0.15) is 5.75 Å². The van der Waals surface area contributed by atoms with E-state index in [-0.39, 0.29) is 17.9 Å². The first-order valence-corrected chi connectivity index (χ1v) is 9.34. The smallest absolute Gasteiger partial charge is 0.264 e. The molecule has 4 nitrogen and oxygen atoms in total. The summed E-state index contributed by atoms with van der Waals surface area (Å²) in [6.07, 6.45) is 0. The molecule has 0 spiro atoms. The van der Waals surface area contributed by atoms with E-state index in [9.17, 15) is 4.79 Å². The largest absolute Gasteiger partial charge is 0.483 e. The highest BCUT2D eigenvalue weighted by molar-refractivity contribution is 7.14. The zero-order chi connectivity index (χ0) is 18.6. The summed E-state index contributed by atoms with van der Waals surface area (Å²) in [5, 5.41) is 5.31. The Labute approximate surface area is 157 Å². The number of hydrogen-bond donors (Lipinski definition) is 1. The molecule has 0 bridgehead atoms. The van der Waals surface area contributed by atoms with Crippen LogP contribution in [0.5, 0.6) is 5.75 Å². The molecule has 1 aromatic heterocycles. The Morgan fingerprint density at radius 3 is 2.50 bits per heavy atom. The highest BCUT2D eigenvalue weighted by Crippen LogP contribution is 2.31. The van der Waals surface area contributed by atoms with Crippen LogP contribution in [-0.2, 0) is 10.2 Å². The van der Waals surface area contributed by atoms with Crippen LogP contribution >= 0.6 is 11.3 Å². The van der Waals surface area contributed by atoms with Gasteiger partial charge in [-0.1, -0.05) is 69.3 Å². The maximum absolute atomic E-state index is 12.2. The van der Waals surface area contributed by atoms with Gasteiger partial charge in [0.05, 0.1) is 5.69 Å². The van der Waals surface area contributed by atoms with E-state index < -0.39 is 0 Å². The molecule has 0 aliphatic carbocycles. The summed E-state index contributed by atoms with van der Waals surface area (Å²) >= 11 is 1.40. The van der Waals surface area contributed by atoms with Gasteiger partial charge < -0.3 is 4.74 Å². The highest BCUT2D eigenvalue weighted by Gasteiger charge is 2.19. The molecule has 5 heteroatoms. The number of carbonyl (C=O) groups is 1. The second-order valence-corrected chi connectivity index (χ2v) is 7.85. The average Bonchev–Trinajstić information content (AvgIpc) is 3.09. The Morgan fingerprint density at radius 2 is 1.77 bits per heavy atom. The second-order valence-electron chi connectivity index (χ2n) is 6.99. The van der Waals surface area contributed by atoms with Gasteiger partial charge in [-0.3, -0.25) is 10.1 Å². The van der Waals surface area contributed by atoms with Crippen LogP contribution < -0.4 is 10.1 Å². The fraction of sp³-hybridized carbons (Fsp3) is 0.238. The summed E-state index contributed by atoms with van der Waals surface area (Å²) in [6.45, 7) is 6.31. The number of nitrogens with zero attached hydrogens (tertiary/aromatic N) is 1. The molecule has 1 heterocycles. The summed E-state index contributed by atoms with van der Waals surface area (Å²) in [5.74, 6) is 0.516. The molecule has 3 rings (SSSR count). The molecule has 2 aromatic carbocycles. The zero-order valence-corrected chi connectivity index (χ0v) is 16.0. The van der Waals surface area contributed by atoms with Crippen molar-refractivity contribution in [2.75, 3.05) is 11.9 Å². The predicted molar refractivity (Wildman–Crippen MR) is 107 cm³/mol. The van der Waals surface area contributed by atoms with Crippen molar-refractivity contribution in [2.24, 2.45) is 0 Å². The third kappa shape index (κ3) is 4.49. The Kier molecular flexibility index (Phi) is 5.38. The van der Waals surface area contributed by atoms with Crippen LogP contribution in [0, 0.1) is 0 Å². The van der Waals surface area contributed by atoms with Crippen LogP contribution in [0.25, 0.3) is 11.3 Å². The van der Waals surface area contributed by atoms with Gasteiger partial charge in [0.15, 0.2) is 11.7 Å². The van der Waals surface area contributed by atoms with Gasteiger partial charge in [0.2, 0.25) is 0 Å². The van der Waals surface area contributed by atoms with Crippen molar-refractivity contribution in [1.29, 1.82) is 0 Å². The van der Waals surface area contributed by atoms with Gasteiger partial charge >= 0.3 is 0 Å². The molecule has 26 heavy (non-hydrogen) atoms. The lowest BCUT2D eigenvalue weighted by molar-refractivity contribution is -0.118. The molecular weight excluding hydrogens is 344 g/mol. The number of thiazole rings is 1. The Morgan fingerprint density at radius 1 is 1.08 bits per heavy atom. The molecular formula is C21H22N2O2S. The third-order valence-electron chi connectivity index (χ3n) is 3.87. The lowest BCUT2D eigenvalue weighted by Gasteiger charge is -2.22. The van der Waals surface area contributed by atoms with E-state index in [2.05, 4.69) is 31.1 Å². The molecule has 0 unspecified atom stereocenters. The molecule has 1 amide bonds. The number of aromatic nitrogens is 1. The van der Waals surface area contributed by atoms with Crippen molar-refractivity contribution in [2.45, 2.75) is 26.2 Å². The monoisotopic (exact) mass is 366 g/mol. The fourth-order valence-corrected chi connectivity index (χ4v) is 3.32. The number of amides is 1. The molecule has 0 aliphatic rings. The molecule has 0 atom stereocenters. The van der Waals surface area contributed by atoms with E-state index in [1.54, 1.807) is 0 Å². The van der Waals surface area contributed by atoms with Crippen molar-refractivity contribution >= 4 is 22.4 Å². The van der Waals surface area contributed by atoms with E-state index in [1.807, 2.05) is 60.0 Å². The van der Waals surface area contributed by atoms with Gasteiger partial charge in [-0.05, 0) is 17.0 Å². The van der Waals surface area contributed by atoms with Crippen LogP contribution in [0.15, 0.2) is 60.0 Å². The van der Waals surface area contributed by atoms with Crippen LogP contribution in [-0.4, -0.2) is 17.5 Å². The molecule has 0 saturated heterocycles. The summed E-state index contributed by atoms with van der Waals surface area (Å²) < 4.78 is 5.75. The fourth-order valence-electron chi connectivity index (χ4n) is 2.58. The minimum absolute atomic E-state index is 0.0483. The van der Waals surface area contributed by atoms with E-state index in [0.717, 1.165) is 22.6 Å². The van der Waals surface area contributed by atoms with Crippen LogP contribution in [0.2, 0.25) is 0 Å². The zero-order valence-electron chi connectivity index (χ0n) is 15.2. The van der Waals surface area contributed by atoms with E-state index in [4.69, 9.17) is 4.74 Å². The molecule has 0 fully saturated rings. The van der Waals surface area contributed by atoms with Crippen molar-refractivity contribution < 1.29 is 9.53 Å². The van der Waals surface area contributed by atoms with Crippen molar-refractivity contribution in [3.63, 3.8) is 0 Å². The maximum Gasteiger partial charge on any atom is 0.264 e. The summed E-state index contributed by atoms with van der Waals surface area (Å²) in [5.41, 5.74) is 2.91. The number of rotatable bonds is 5. The van der Waals surface area contributed by atoms with Gasteiger partial charge in [0, 0.05) is 10.9 Å². The first kappa shape index (κ1) is 18.1. The Bertz CT molecular complexity index is 882. The second kappa shape index (κ2) is 7.70. The maximum atomic E-state index is 12.2. The Balaban J connectivity index is 1.62. The quantitative estimate of drug-likeness (QED) is 0.681. The minimum atomic E-state index is -0.220.